The predicted octanol–water partition coefficient (Wildman–Crippen LogP) is 0.893. The Bertz CT molecular complexity index is 225. The maximum absolute atomic E-state index is 10.8. The molecule has 6 heteroatoms. The van der Waals surface area contributed by atoms with Crippen molar-refractivity contribution in [3.63, 3.8) is 0 Å². The Hall–Kier alpha value is -0.640. The average Bonchev–Trinajstić information content (AvgIpc) is 1.98. The molecule has 0 fully saturated rings. The predicted molar refractivity (Wildman–Crippen MR) is 47.5 cm³/mol. The van der Waals surface area contributed by atoms with Gasteiger partial charge in [-0.05, 0) is 13.8 Å². The number of hydrogen-bond donors (Lipinski definition) is 1. The lowest BCUT2D eigenvalue weighted by atomic mass is 10.3. The monoisotopic (exact) mass is 208 g/mol. The zero-order valence-electron chi connectivity index (χ0n) is 7.57. The second-order valence-electron chi connectivity index (χ2n) is 2.57. The van der Waals surface area contributed by atoms with Crippen molar-refractivity contribution in [2.24, 2.45) is 0 Å². The van der Waals surface area contributed by atoms with E-state index >= 15 is 0 Å². The van der Waals surface area contributed by atoms with Crippen LogP contribution in [-0.2, 0) is 18.6 Å². The lowest BCUT2D eigenvalue weighted by Crippen LogP contribution is -2.16. The zero-order valence-corrected chi connectivity index (χ0v) is 8.57. The van der Waals surface area contributed by atoms with E-state index in [0.717, 1.165) is 0 Å². The molecule has 0 rings (SSSR count). The molecule has 0 aromatic rings. The molecule has 76 valence electrons. The van der Waals surface area contributed by atoms with Crippen LogP contribution in [-0.4, -0.2) is 23.6 Å². The van der Waals surface area contributed by atoms with Gasteiger partial charge in [0, 0.05) is 5.57 Å². The molecule has 0 heterocycles. The average molecular weight is 208 g/mol. The lowest BCUT2D eigenvalue weighted by Gasteiger charge is -2.10. The minimum Gasteiger partial charge on any atom is -0.460 e. The van der Waals surface area contributed by atoms with Gasteiger partial charge in [-0.2, -0.15) is 0 Å². The number of rotatable bonds is 5. The van der Waals surface area contributed by atoms with Crippen LogP contribution in [0.4, 0.5) is 0 Å². The molecule has 2 atom stereocenters. The van der Waals surface area contributed by atoms with E-state index in [4.69, 9.17) is 4.89 Å². The molecule has 0 aliphatic rings. The third-order valence-corrected chi connectivity index (χ3v) is 1.70. The second-order valence-corrected chi connectivity index (χ2v) is 3.34. The van der Waals surface area contributed by atoms with E-state index in [9.17, 15) is 9.36 Å². The number of ether oxygens (including phenoxy) is 1. The molecule has 0 bridgehead atoms. The largest absolute Gasteiger partial charge is 0.460 e. The number of carbonyl (C=O) groups is 1. The summed E-state index contributed by atoms with van der Waals surface area (Å²) in [6.45, 7) is 6.37. The normalized spacial score (nSPS) is 14.7. The summed E-state index contributed by atoms with van der Waals surface area (Å²) in [5, 5.41) is 0. The van der Waals surface area contributed by atoms with Crippen molar-refractivity contribution in [1.29, 1.82) is 0 Å². The van der Waals surface area contributed by atoms with Crippen LogP contribution in [0, 0.1) is 0 Å². The minimum atomic E-state index is -2.96. The summed E-state index contributed by atoms with van der Waals surface area (Å²) >= 11 is 0. The summed E-state index contributed by atoms with van der Waals surface area (Å²) in [5.74, 6) is -0.534. The van der Waals surface area contributed by atoms with Gasteiger partial charge in [0.15, 0.2) is 0 Å². The van der Waals surface area contributed by atoms with Gasteiger partial charge in [-0.1, -0.05) is 6.58 Å². The Kier molecular flexibility index (Phi) is 5.62. The fourth-order valence-corrected chi connectivity index (χ4v) is 0.935. The van der Waals surface area contributed by atoms with Crippen LogP contribution in [0.2, 0.25) is 0 Å². The van der Waals surface area contributed by atoms with Crippen molar-refractivity contribution < 1.29 is 23.5 Å². The summed E-state index contributed by atoms with van der Waals surface area (Å²) < 4.78 is 19.3. The highest BCUT2D eigenvalue weighted by atomic mass is 31.1. The summed E-state index contributed by atoms with van der Waals surface area (Å²) in [6, 6.07) is 0. The molecule has 0 amide bonds. The molecular formula is C7H13O5P. The molecule has 0 aliphatic heterocycles. The zero-order chi connectivity index (χ0) is 10.4. The fourth-order valence-electron chi connectivity index (χ4n) is 0.522. The van der Waals surface area contributed by atoms with Crippen molar-refractivity contribution in [2.45, 2.75) is 20.0 Å². The summed E-state index contributed by atoms with van der Waals surface area (Å²) in [4.78, 5) is 19.2. The van der Waals surface area contributed by atoms with E-state index in [2.05, 4.69) is 15.8 Å². The van der Waals surface area contributed by atoms with Crippen molar-refractivity contribution in [3.8, 4) is 0 Å². The van der Waals surface area contributed by atoms with E-state index in [-0.39, 0.29) is 12.2 Å². The molecule has 13 heavy (non-hydrogen) atoms. The molecule has 0 saturated carbocycles. The van der Waals surface area contributed by atoms with Gasteiger partial charge in [0.05, 0.1) is 6.10 Å². The van der Waals surface area contributed by atoms with Gasteiger partial charge in [0.25, 0.3) is 0 Å². The van der Waals surface area contributed by atoms with E-state index in [1.807, 2.05) is 0 Å². The molecule has 5 nitrogen and oxygen atoms in total. The first-order valence-corrected chi connectivity index (χ1v) is 4.92. The Morgan fingerprint density at radius 1 is 1.69 bits per heavy atom. The van der Waals surface area contributed by atoms with Crippen LogP contribution in [0.15, 0.2) is 12.2 Å². The molecule has 0 saturated heterocycles. The van der Waals surface area contributed by atoms with E-state index in [1.165, 1.54) is 13.8 Å². The minimum absolute atomic E-state index is 0.0529. The molecule has 0 aliphatic carbocycles. The third-order valence-electron chi connectivity index (χ3n) is 1.10. The van der Waals surface area contributed by atoms with Gasteiger partial charge in [0.1, 0.15) is 6.61 Å². The maximum Gasteiger partial charge on any atom is 0.333 e. The van der Waals surface area contributed by atoms with Gasteiger partial charge in [0.2, 0.25) is 0 Å². The van der Waals surface area contributed by atoms with Crippen LogP contribution < -0.4 is 0 Å². The number of carbonyl (C=O) groups excluding carboxylic acids is 1. The van der Waals surface area contributed by atoms with Crippen molar-refractivity contribution in [2.75, 3.05) is 6.61 Å². The van der Waals surface area contributed by atoms with Crippen LogP contribution in [0.3, 0.4) is 0 Å². The second kappa shape index (κ2) is 5.91. The van der Waals surface area contributed by atoms with Gasteiger partial charge >= 0.3 is 14.2 Å². The Morgan fingerprint density at radius 2 is 2.23 bits per heavy atom. The van der Waals surface area contributed by atoms with Crippen molar-refractivity contribution in [3.05, 3.63) is 12.2 Å². The van der Waals surface area contributed by atoms with Crippen LogP contribution in [0.25, 0.3) is 0 Å². The summed E-state index contributed by atoms with van der Waals surface area (Å²) in [6.07, 6.45) is -0.584. The van der Waals surface area contributed by atoms with E-state index < -0.39 is 20.3 Å². The van der Waals surface area contributed by atoms with Crippen molar-refractivity contribution >= 4 is 14.2 Å². The highest BCUT2D eigenvalue weighted by molar-refractivity contribution is 7.32. The smallest absolute Gasteiger partial charge is 0.333 e. The SMILES string of the molecule is C=C(C)C(=O)OCC(C)O[PH](=O)O. The van der Waals surface area contributed by atoms with Crippen molar-refractivity contribution in [1.82, 2.24) is 0 Å². The standard InChI is InChI=1S/C7H13O5P/c1-5(2)7(8)11-4-6(3)12-13(9)10/h6,13H,1,4H2,2-3H3,(H,9,10). The molecule has 2 unspecified atom stereocenters. The summed E-state index contributed by atoms with van der Waals surface area (Å²) in [7, 11) is -2.96. The highest BCUT2D eigenvalue weighted by Crippen LogP contribution is 2.17. The Balaban J connectivity index is 3.70. The quantitative estimate of drug-likeness (QED) is 0.412. The van der Waals surface area contributed by atoms with E-state index in [0.29, 0.717) is 0 Å². The van der Waals surface area contributed by atoms with Crippen LogP contribution in [0.1, 0.15) is 13.8 Å². The Labute approximate surface area is 77.3 Å². The number of esters is 1. The van der Waals surface area contributed by atoms with Crippen LogP contribution >= 0.6 is 8.25 Å². The maximum atomic E-state index is 10.8. The highest BCUT2D eigenvalue weighted by Gasteiger charge is 2.09. The molecular weight excluding hydrogens is 195 g/mol. The summed E-state index contributed by atoms with van der Waals surface area (Å²) in [5.41, 5.74) is 0.281. The van der Waals surface area contributed by atoms with Gasteiger partial charge in [-0.3, -0.25) is 4.57 Å². The van der Waals surface area contributed by atoms with Gasteiger partial charge < -0.3 is 14.2 Å². The Morgan fingerprint density at radius 3 is 2.62 bits per heavy atom. The van der Waals surface area contributed by atoms with Gasteiger partial charge in [-0.25, -0.2) is 4.79 Å². The third kappa shape index (κ3) is 6.51. The van der Waals surface area contributed by atoms with E-state index in [1.54, 1.807) is 0 Å². The first-order chi connectivity index (χ1) is 5.93. The molecule has 0 spiro atoms. The lowest BCUT2D eigenvalue weighted by molar-refractivity contribution is -0.141. The van der Waals surface area contributed by atoms with Gasteiger partial charge in [-0.15, -0.1) is 0 Å². The molecule has 0 aromatic carbocycles. The van der Waals surface area contributed by atoms with Crippen LogP contribution in [0.5, 0.6) is 0 Å². The topological polar surface area (TPSA) is 72.8 Å². The molecule has 0 radical (unpaired) electrons. The first kappa shape index (κ1) is 12.4. The first-order valence-electron chi connectivity index (χ1n) is 3.65. The number of hydrogen-bond acceptors (Lipinski definition) is 4. The fraction of sp³-hybridized carbons (Fsp3) is 0.571. The molecule has 0 aromatic heterocycles. The molecule has 1 N–H and O–H groups in total.